The molecule has 3 aromatic rings. The van der Waals surface area contributed by atoms with Crippen LogP contribution in [0.4, 0.5) is 15.7 Å². The molecule has 10 nitrogen and oxygen atoms in total. The number of hydrogen-bond donors (Lipinski definition) is 2. The number of methoxy groups -OCH3 is 1. The first-order valence-electron chi connectivity index (χ1n) is 9.46. The highest BCUT2D eigenvalue weighted by Crippen LogP contribution is 2.29. The summed E-state index contributed by atoms with van der Waals surface area (Å²) in [5.41, 5.74) is 0.812. The summed E-state index contributed by atoms with van der Waals surface area (Å²) in [5.74, 6) is 1.29. The van der Waals surface area contributed by atoms with Crippen molar-refractivity contribution in [3.05, 3.63) is 18.6 Å². The summed E-state index contributed by atoms with van der Waals surface area (Å²) in [6, 6.07) is 2.46. The van der Waals surface area contributed by atoms with Crippen molar-refractivity contribution < 1.29 is 14.1 Å². The molecule has 0 radical (unpaired) electrons. The van der Waals surface area contributed by atoms with Gasteiger partial charge in [-0.25, -0.2) is 20.1 Å². The molecule has 1 aliphatic heterocycles. The summed E-state index contributed by atoms with van der Waals surface area (Å²) >= 11 is 1.20. The standard InChI is InChI=1S/C18H24N8O2S/c1-11-6-8-26(16(27)22-18-25(3)17(28-4)23-29-18)9-13(11)24(2)15-12-5-7-19-14(12)20-10-21-15/h5,7,10-11,13H,6,8-9H2,1-4H3,(H,19,20,21)/p+1. The van der Waals surface area contributed by atoms with Gasteiger partial charge in [-0.15, -0.1) is 0 Å². The molecule has 4 rings (SSSR count). The Morgan fingerprint density at radius 3 is 3.07 bits per heavy atom. The van der Waals surface area contributed by atoms with Crippen LogP contribution in [-0.2, 0) is 7.05 Å². The maximum absolute atomic E-state index is 12.9. The third-order valence-electron chi connectivity index (χ3n) is 5.57. The first kappa shape index (κ1) is 19.4. The quantitative estimate of drug-likeness (QED) is 0.626. The number of likely N-dealkylation sites (tertiary alicyclic amines) is 1. The normalized spacial score (nSPS) is 19.4. The second-order valence-corrected chi connectivity index (χ2v) is 8.04. The number of piperidine rings is 1. The highest BCUT2D eigenvalue weighted by molar-refractivity contribution is 7.09. The number of carbonyl (C=O) groups is 1. The van der Waals surface area contributed by atoms with Gasteiger partial charge in [0.1, 0.15) is 29.3 Å². The van der Waals surface area contributed by atoms with Gasteiger partial charge in [-0.1, -0.05) is 6.92 Å². The number of hydrogen-bond acceptors (Lipinski definition) is 7. The zero-order chi connectivity index (χ0) is 20.5. The van der Waals surface area contributed by atoms with E-state index in [1.54, 1.807) is 18.0 Å². The smallest absolute Gasteiger partial charge is 0.443 e. The van der Waals surface area contributed by atoms with E-state index < -0.39 is 0 Å². The van der Waals surface area contributed by atoms with E-state index in [1.165, 1.54) is 11.5 Å². The maximum atomic E-state index is 12.9. The Balaban J connectivity index is 1.51. The van der Waals surface area contributed by atoms with E-state index in [-0.39, 0.29) is 12.1 Å². The Bertz CT molecular complexity index is 1020. The molecular formula is C18H25N8O2S+. The summed E-state index contributed by atoms with van der Waals surface area (Å²) in [6.45, 7) is 3.54. The van der Waals surface area contributed by atoms with Crippen molar-refractivity contribution in [1.29, 1.82) is 0 Å². The van der Waals surface area contributed by atoms with E-state index in [4.69, 9.17) is 4.74 Å². The van der Waals surface area contributed by atoms with E-state index in [1.807, 2.05) is 31.3 Å². The highest BCUT2D eigenvalue weighted by atomic mass is 32.1. The van der Waals surface area contributed by atoms with Crippen LogP contribution < -0.4 is 19.5 Å². The molecule has 1 aliphatic rings. The minimum Gasteiger partial charge on any atom is -0.443 e. The van der Waals surface area contributed by atoms with Gasteiger partial charge in [0, 0.05) is 30.7 Å². The Kier molecular flexibility index (Phi) is 5.22. The van der Waals surface area contributed by atoms with Crippen LogP contribution in [0.15, 0.2) is 18.6 Å². The van der Waals surface area contributed by atoms with E-state index >= 15 is 0 Å². The van der Waals surface area contributed by atoms with Gasteiger partial charge in [0.15, 0.2) is 0 Å². The number of likely N-dealkylation sites (N-methyl/N-ethyl adjacent to an activating group) is 1. The molecule has 0 saturated carbocycles. The van der Waals surface area contributed by atoms with Gasteiger partial charge in [0.25, 0.3) is 0 Å². The van der Waals surface area contributed by atoms with E-state index in [9.17, 15) is 4.79 Å². The minimum absolute atomic E-state index is 0.133. The van der Waals surface area contributed by atoms with Gasteiger partial charge in [-0.3, -0.25) is 0 Å². The third-order valence-corrected chi connectivity index (χ3v) is 6.36. The van der Waals surface area contributed by atoms with Gasteiger partial charge in [-0.05, 0) is 18.4 Å². The van der Waals surface area contributed by atoms with Gasteiger partial charge in [-0.2, -0.15) is 4.57 Å². The third kappa shape index (κ3) is 3.57. The van der Waals surface area contributed by atoms with Gasteiger partial charge in [0.2, 0.25) is 0 Å². The largest absolute Gasteiger partial charge is 0.447 e. The Morgan fingerprint density at radius 2 is 2.31 bits per heavy atom. The summed E-state index contributed by atoms with van der Waals surface area (Å²) in [5, 5.41) is 4.57. The summed E-state index contributed by atoms with van der Waals surface area (Å²) in [7, 11) is 5.40. The van der Waals surface area contributed by atoms with Gasteiger partial charge < -0.3 is 19.5 Å². The maximum Gasteiger partial charge on any atom is 0.447 e. The number of nitrogens with one attached hydrogen (secondary N) is 2. The molecule has 0 bridgehead atoms. The molecule has 154 valence electrons. The molecule has 2 N–H and O–H groups in total. The van der Waals surface area contributed by atoms with Crippen molar-refractivity contribution in [3.8, 4) is 6.01 Å². The molecule has 1 fully saturated rings. The van der Waals surface area contributed by atoms with E-state index in [0.29, 0.717) is 30.1 Å². The van der Waals surface area contributed by atoms with Gasteiger partial charge >= 0.3 is 17.2 Å². The monoisotopic (exact) mass is 417 g/mol. The molecule has 1 saturated heterocycles. The second kappa shape index (κ2) is 7.82. The second-order valence-electron chi connectivity index (χ2n) is 7.29. The van der Waals surface area contributed by atoms with Crippen LogP contribution in [0.3, 0.4) is 0 Å². The molecule has 0 aliphatic carbocycles. The first-order valence-corrected chi connectivity index (χ1v) is 10.2. The van der Waals surface area contributed by atoms with Crippen molar-refractivity contribution in [2.75, 3.05) is 37.5 Å². The predicted octanol–water partition coefficient (Wildman–Crippen LogP) is 1.63. The van der Waals surface area contributed by atoms with Crippen LogP contribution in [0.2, 0.25) is 0 Å². The lowest BCUT2D eigenvalue weighted by molar-refractivity contribution is -0.660. The fraction of sp³-hybridized carbons (Fsp3) is 0.500. The van der Waals surface area contributed by atoms with Crippen molar-refractivity contribution in [2.45, 2.75) is 19.4 Å². The number of fused-ring (bicyclic) bond motifs is 1. The number of H-pyrrole nitrogens is 1. The molecule has 3 aromatic heterocycles. The molecule has 4 heterocycles. The molecular weight excluding hydrogens is 392 g/mol. The molecule has 11 heteroatoms. The Morgan fingerprint density at radius 1 is 1.48 bits per heavy atom. The number of urea groups is 1. The molecule has 2 atom stereocenters. The van der Waals surface area contributed by atoms with Crippen molar-refractivity contribution in [1.82, 2.24) is 24.2 Å². The summed E-state index contributed by atoms with van der Waals surface area (Å²) in [4.78, 5) is 28.8. The number of nitrogens with zero attached hydrogens (tertiary/aromatic N) is 6. The highest BCUT2D eigenvalue weighted by Gasteiger charge is 2.34. The lowest BCUT2D eigenvalue weighted by Crippen LogP contribution is -2.54. The fourth-order valence-electron chi connectivity index (χ4n) is 3.78. The van der Waals surface area contributed by atoms with Crippen LogP contribution in [0, 0.1) is 5.92 Å². The zero-order valence-electron chi connectivity index (χ0n) is 16.9. The number of aromatic amines is 1. The fourth-order valence-corrected chi connectivity index (χ4v) is 4.47. The van der Waals surface area contributed by atoms with Crippen molar-refractivity contribution in [2.24, 2.45) is 13.0 Å². The lowest BCUT2D eigenvalue weighted by atomic mass is 9.92. The number of aromatic nitrogens is 5. The average molecular weight is 418 g/mol. The SMILES string of the molecule is COc1nsc(NC(=O)N2CCC(C)C(N(C)c3ncnc4[nH]ccc34)C2)[n+]1C. The summed E-state index contributed by atoms with van der Waals surface area (Å²) in [6.07, 6.45) is 4.35. The number of anilines is 2. The van der Waals surface area contributed by atoms with Crippen LogP contribution in [0.1, 0.15) is 13.3 Å². The zero-order valence-corrected chi connectivity index (χ0v) is 17.7. The van der Waals surface area contributed by atoms with Crippen LogP contribution in [0.25, 0.3) is 11.0 Å². The Labute approximate surface area is 172 Å². The first-order chi connectivity index (χ1) is 14.0. The number of amides is 2. The van der Waals surface area contributed by atoms with Crippen LogP contribution >= 0.6 is 11.5 Å². The van der Waals surface area contributed by atoms with Crippen LogP contribution in [0.5, 0.6) is 6.01 Å². The van der Waals surface area contributed by atoms with E-state index in [2.05, 4.69) is 36.5 Å². The van der Waals surface area contributed by atoms with E-state index in [0.717, 1.165) is 23.3 Å². The molecule has 0 spiro atoms. The Hall–Kier alpha value is -2.95. The minimum atomic E-state index is -0.133. The summed E-state index contributed by atoms with van der Waals surface area (Å²) < 4.78 is 11.1. The lowest BCUT2D eigenvalue weighted by Gasteiger charge is -2.41. The van der Waals surface area contributed by atoms with Crippen LogP contribution in [-0.4, -0.2) is 63.5 Å². The molecule has 29 heavy (non-hydrogen) atoms. The molecule has 0 aromatic carbocycles. The number of carbonyl (C=O) groups excluding carboxylic acids is 1. The topological polar surface area (TPSA) is 103 Å². The van der Waals surface area contributed by atoms with Crippen molar-refractivity contribution >= 4 is 39.5 Å². The number of ether oxygens (including phenoxy) is 1. The molecule has 2 amide bonds. The predicted molar refractivity (Wildman–Crippen MR) is 110 cm³/mol. The molecule has 2 unspecified atom stereocenters. The van der Waals surface area contributed by atoms with Gasteiger partial charge in [0.05, 0.1) is 25.6 Å². The average Bonchev–Trinajstić information content (AvgIpc) is 3.34. The number of rotatable bonds is 4. The van der Waals surface area contributed by atoms with Crippen molar-refractivity contribution in [3.63, 3.8) is 0 Å².